The van der Waals surface area contributed by atoms with Crippen LogP contribution in [0.15, 0.2) is 10.6 Å². The van der Waals surface area contributed by atoms with E-state index in [0.29, 0.717) is 17.5 Å². The smallest absolute Gasteiger partial charge is 0.273 e. The van der Waals surface area contributed by atoms with Gasteiger partial charge in [0, 0.05) is 37.5 Å². The lowest BCUT2D eigenvalue weighted by molar-refractivity contribution is 0.0933. The van der Waals surface area contributed by atoms with E-state index in [-0.39, 0.29) is 18.3 Å². The van der Waals surface area contributed by atoms with Gasteiger partial charge in [-0.15, -0.1) is 12.4 Å². The summed E-state index contributed by atoms with van der Waals surface area (Å²) in [5, 5.41) is 9.84. The number of nitrogens with zero attached hydrogens (tertiary/aromatic N) is 1. The van der Waals surface area contributed by atoms with Crippen molar-refractivity contribution in [1.82, 2.24) is 15.8 Å². The first-order valence-corrected chi connectivity index (χ1v) is 5.78. The normalized spacial score (nSPS) is 19.3. The molecule has 6 heteroatoms. The number of carbonyl (C=O) groups is 1. The van der Waals surface area contributed by atoms with Crippen LogP contribution in [0, 0.1) is 5.92 Å². The van der Waals surface area contributed by atoms with Gasteiger partial charge in [-0.1, -0.05) is 5.16 Å². The molecule has 2 N–H and O–H groups in total. The fourth-order valence-corrected chi connectivity index (χ4v) is 1.78. The fourth-order valence-electron chi connectivity index (χ4n) is 1.78. The average Bonchev–Trinajstić information content (AvgIpc) is 2.94. The fraction of sp³-hybridized carbons (Fsp3) is 0.636. The zero-order valence-corrected chi connectivity index (χ0v) is 10.3. The molecule has 1 aliphatic heterocycles. The van der Waals surface area contributed by atoms with Gasteiger partial charge in [0.15, 0.2) is 5.69 Å². The topological polar surface area (TPSA) is 67.2 Å². The number of amides is 1. The summed E-state index contributed by atoms with van der Waals surface area (Å²) in [5.74, 6) is 1.81. The first-order valence-electron chi connectivity index (χ1n) is 5.78. The quantitative estimate of drug-likeness (QED) is 0.842. The van der Waals surface area contributed by atoms with Crippen molar-refractivity contribution in [1.29, 1.82) is 0 Å². The van der Waals surface area contributed by atoms with Crippen LogP contribution in [0.3, 0.4) is 0 Å². The third-order valence-electron chi connectivity index (χ3n) is 3.16. The minimum atomic E-state index is -0.123. The molecule has 1 aromatic rings. The Bertz CT molecular complexity index is 399. The van der Waals surface area contributed by atoms with Gasteiger partial charge in [0.05, 0.1) is 0 Å². The predicted molar refractivity (Wildman–Crippen MR) is 64.4 cm³/mol. The molecule has 0 atom stereocenters. The molecule has 0 aromatic carbocycles. The standard InChI is InChI=1S/C11H15N3O2.ClH/c15-11(13-6-7-4-12-5-7)9-3-10(16-14-9)8-1-2-8;/h3,7-8,12H,1-2,4-6H2,(H,13,15);1H. The second kappa shape index (κ2) is 5.06. The SMILES string of the molecule is Cl.O=C(NCC1CNC1)c1cc(C2CC2)on1. The molecular formula is C11H16ClN3O2. The highest BCUT2D eigenvalue weighted by Crippen LogP contribution is 2.40. The number of nitrogens with one attached hydrogen (secondary N) is 2. The second-order valence-corrected chi connectivity index (χ2v) is 4.62. The summed E-state index contributed by atoms with van der Waals surface area (Å²) in [4.78, 5) is 11.7. The molecule has 1 saturated carbocycles. The van der Waals surface area contributed by atoms with E-state index in [0.717, 1.165) is 38.2 Å². The molecule has 5 nitrogen and oxygen atoms in total. The van der Waals surface area contributed by atoms with Crippen molar-refractivity contribution >= 4 is 18.3 Å². The van der Waals surface area contributed by atoms with Gasteiger partial charge in [0.1, 0.15) is 5.76 Å². The predicted octanol–water partition coefficient (Wildman–Crippen LogP) is 0.923. The Kier molecular flexibility index (Phi) is 3.69. The molecule has 0 bridgehead atoms. The average molecular weight is 258 g/mol. The maximum atomic E-state index is 11.7. The number of hydrogen-bond donors (Lipinski definition) is 2. The number of hydrogen-bond acceptors (Lipinski definition) is 4. The van der Waals surface area contributed by atoms with Gasteiger partial charge in [-0.2, -0.15) is 0 Å². The van der Waals surface area contributed by atoms with E-state index in [2.05, 4.69) is 15.8 Å². The Labute approximate surface area is 106 Å². The highest BCUT2D eigenvalue weighted by Gasteiger charge is 2.29. The van der Waals surface area contributed by atoms with Crippen molar-refractivity contribution in [2.75, 3.05) is 19.6 Å². The molecule has 0 spiro atoms. The van der Waals surface area contributed by atoms with E-state index in [1.54, 1.807) is 6.07 Å². The van der Waals surface area contributed by atoms with Gasteiger partial charge in [-0.3, -0.25) is 4.79 Å². The summed E-state index contributed by atoms with van der Waals surface area (Å²) in [6.07, 6.45) is 2.31. The Morgan fingerprint density at radius 1 is 1.53 bits per heavy atom. The van der Waals surface area contributed by atoms with Crippen LogP contribution >= 0.6 is 12.4 Å². The van der Waals surface area contributed by atoms with Crippen molar-refractivity contribution in [2.45, 2.75) is 18.8 Å². The molecule has 3 rings (SSSR count). The Morgan fingerprint density at radius 2 is 2.29 bits per heavy atom. The first-order chi connectivity index (χ1) is 7.83. The molecule has 1 amide bonds. The number of carbonyl (C=O) groups excluding carboxylic acids is 1. The molecule has 94 valence electrons. The third kappa shape index (κ3) is 2.79. The van der Waals surface area contributed by atoms with E-state index in [1.165, 1.54) is 0 Å². The summed E-state index contributed by atoms with van der Waals surface area (Å²) in [5.41, 5.74) is 0.411. The highest BCUT2D eigenvalue weighted by atomic mass is 35.5. The number of rotatable bonds is 4. The van der Waals surface area contributed by atoms with E-state index < -0.39 is 0 Å². The van der Waals surface area contributed by atoms with Gasteiger partial charge >= 0.3 is 0 Å². The van der Waals surface area contributed by atoms with Gasteiger partial charge in [-0.05, 0) is 12.8 Å². The van der Waals surface area contributed by atoms with Crippen LogP contribution < -0.4 is 10.6 Å². The molecule has 0 radical (unpaired) electrons. The minimum absolute atomic E-state index is 0. The molecule has 17 heavy (non-hydrogen) atoms. The van der Waals surface area contributed by atoms with Crippen molar-refractivity contribution in [2.24, 2.45) is 5.92 Å². The van der Waals surface area contributed by atoms with Crippen LogP contribution in [-0.4, -0.2) is 30.7 Å². The van der Waals surface area contributed by atoms with Gasteiger partial charge in [0.25, 0.3) is 5.91 Å². The lowest BCUT2D eigenvalue weighted by atomic mass is 10.0. The van der Waals surface area contributed by atoms with Crippen molar-refractivity contribution in [3.05, 3.63) is 17.5 Å². The molecular weight excluding hydrogens is 242 g/mol. The molecule has 1 aromatic heterocycles. The summed E-state index contributed by atoms with van der Waals surface area (Å²) >= 11 is 0. The summed E-state index contributed by atoms with van der Waals surface area (Å²) in [6, 6.07) is 1.77. The van der Waals surface area contributed by atoms with E-state index in [9.17, 15) is 4.79 Å². The molecule has 1 saturated heterocycles. The monoisotopic (exact) mass is 257 g/mol. The number of aromatic nitrogens is 1. The first kappa shape index (κ1) is 12.4. The Morgan fingerprint density at radius 3 is 2.88 bits per heavy atom. The van der Waals surface area contributed by atoms with Crippen LogP contribution in [0.4, 0.5) is 0 Å². The number of halogens is 1. The van der Waals surface area contributed by atoms with Crippen molar-refractivity contribution in [3.63, 3.8) is 0 Å². The largest absolute Gasteiger partial charge is 0.360 e. The summed E-state index contributed by atoms with van der Waals surface area (Å²) < 4.78 is 5.13. The van der Waals surface area contributed by atoms with E-state index in [4.69, 9.17) is 4.52 Å². The molecule has 2 fully saturated rings. The summed E-state index contributed by atoms with van der Waals surface area (Å²) in [7, 11) is 0. The molecule has 2 heterocycles. The molecule has 0 unspecified atom stereocenters. The zero-order valence-electron chi connectivity index (χ0n) is 9.44. The van der Waals surface area contributed by atoms with Crippen molar-refractivity contribution < 1.29 is 9.32 Å². The van der Waals surface area contributed by atoms with Crippen LogP contribution in [0.2, 0.25) is 0 Å². The van der Waals surface area contributed by atoms with Gasteiger partial charge < -0.3 is 15.2 Å². The van der Waals surface area contributed by atoms with Crippen LogP contribution in [0.25, 0.3) is 0 Å². The Balaban J connectivity index is 0.00000108. The highest BCUT2D eigenvalue weighted by molar-refractivity contribution is 5.92. The van der Waals surface area contributed by atoms with Crippen LogP contribution in [0.1, 0.15) is 35.0 Å². The van der Waals surface area contributed by atoms with Gasteiger partial charge in [0.2, 0.25) is 0 Å². The lowest BCUT2D eigenvalue weighted by Gasteiger charge is -2.26. The Hall–Kier alpha value is -1.07. The van der Waals surface area contributed by atoms with Crippen LogP contribution in [0.5, 0.6) is 0 Å². The third-order valence-corrected chi connectivity index (χ3v) is 3.16. The van der Waals surface area contributed by atoms with E-state index >= 15 is 0 Å². The minimum Gasteiger partial charge on any atom is -0.360 e. The van der Waals surface area contributed by atoms with E-state index in [1.807, 2.05) is 0 Å². The molecule has 1 aliphatic carbocycles. The zero-order chi connectivity index (χ0) is 11.0. The maximum absolute atomic E-state index is 11.7. The van der Waals surface area contributed by atoms with Crippen LogP contribution in [-0.2, 0) is 0 Å². The maximum Gasteiger partial charge on any atom is 0.273 e. The second-order valence-electron chi connectivity index (χ2n) is 4.62. The van der Waals surface area contributed by atoms with Crippen molar-refractivity contribution in [3.8, 4) is 0 Å². The molecule has 2 aliphatic rings. The lowest BCUT2D eigenvalue weighted by Crippen LogP contribution is -2.48. The van der Waals surface area contributed by atoms with Gasteiger partial charge in [-0.25, -0.2) is 0 Å². The summed E-state index contributed by atoms with van der Waals surface area (Å²) in [6.45, 7) is 2.70.